The zero-order valence-corrected chi connectivity index (χ0v) is 12.4. The van der Waals surface area contributed by atoms with Gasteiger partial charge in [-0.1, -0.05) is 6.92 Å². The summed E-state index contributed by atoms with van der Waals surface area (Å²) in [5.41, 5.74) is 0.426. The number of rotatable bonds is 5. The van der Waals surface area contributed by atoms with Gasteiger partial charge in [0.15, 0.2) is 0 Å². The van der Waals surface area contributed by atoms with Crippen LogP contribution in [0.15, 0.2) is 0 Å². The topological polar surface area (TPSA) is 33.3 Å². The number of hydrogen-bond acceptors (Lipinski definition) is 3. The molecule has 0 radical (unpaired) electrons. The van der Waals surface area contributed by atoms with Crippen LogP contribution >= 0.6 is 0 Å². The van der Waals surface area contributed by atoms with Crippen LogP contribution in [0.4, 0.5) is 0 Å². The zero-order valence-electron chi connectivity index (χ0n) is 12.4. The second-order valence-electron chi connectivity index (χ2n) is 6.73. The van der Waals surface area contributed by atoms with E-state index in [1.165, 1.54) is 12.8 Å². The quantitative estimate of drug-likeness (QED) is 0.776. The monoisotopic (exact) mass is 242 g/mol. The summed E-state index contributed by atoms with van der Waals surface area (Å²) < 4.78 is 5.26. The van der Waals surface area contributed by atoms with Crippen LogP contribution < -0.4 is 10.6 Å². The fourth-order valence-electron chi connectivity index (χ4n) is 3.26. The first-order valence-corrected chi connectivity index (χ1v) is 6.82. The fraction of sp³-hybridized carbons (Fsp3) is 1.00. The average Bonchev–Trinajstić information content (AvgIpc) is 2.11. The fourth-order valence-corrected chi connectivity index (χ4v) is 3.26. The highest BCUT2D eigenvalue weighted by atomic mass is 16.5. The number of hydrogen-bond donors (Lipinski definition) is 2. The summed E-state index contributed by atoms with van der Waals surface area (Å²) in [7, 11) is 1.78. The molecule has 0 aromatic rings. The number of piperidine rings is 1. The van der Waals surface area contributed by atoms with Crippen LogP contribution in [0, 0.1) is 0 Å². The predicted octanol–water partition coefficient (Wildman–Crippen LogP) is 2.31. The van der Waals surface area contributed by atoms with Crippen LogP contribution in [-0.2, 0) is 4.74 Å². The van der Waals surface area contributed by atoms with Crippen molar-refractivity contribution in [3.8, 4) is 0 Å². The van der Waals surface area contributed by atoms with Gasteiger partial charge in [-0.3, -0.25) is 0 Å². The summed E-state index contributed by atoms with van der Waals surface area (Å²) in [5.74, 6) is 0. The van der Waals surface area contributed by atoms with Crippen molar-refractivity contribution in [3.05, 3.63) is 0 Å². The van der Waals surface area contributed by atoms with E-state index < -0.39 is 0 Å². The van der Waals surface area contributed by atoms with Crippen molar-refractivity contribution in [2.75, 3.05) is 13.7 Å². The van der Waals surface area contributed by atoms with Crippen LogP contribution in [0.5, 0.6) is 0 Å². The summed E-state index contributed by atoms with van der Waals surface area (Å²) in [6.07, 6.45) is 3.48. The first kappa shape index (κ1) is 14.9. The van der Waals surface area contributed by atoms with E-state index in [1.807, 2.05) is 0 Å². The molecule has 0 amide bonds. The first-order valence-electron chi connectivity index (χ1n) is 6.82. The van der Waals surface area contributed by atoms with Gasteiger partial charge >= 0.3 is 0 Å². The highest BCUT2D eigenvalue weighted by molar-refractivity contribution is 5.00. The van der Waals surface area contributed by atoms with Gasteiger partial charge in [0.05, 0.1) is 6.61 Å². The third-order valence-electron chi connectivity index (χ3n) is 3.52. The third-order valence-corrected chi connectivity index (χ3v) is 3.52. The Balaban J connectivity index is 2.58. The summed E-state index contributed by atoms with van der Waals surface area (Å²) in [6.45, 7) is 12.2. The molecule has 1 unspecified atom stereocenters. The molecular weight excluding hydrogens is 212 g/mol. The number of ether oxygens (including phenoxy) is 1. The van der Waals surface area contributed by atoms with Gasteiger partial charge in [-0.25, -0.2) is 0 Å². The molecule has 0 spiro atoms. The standard InChI is InChI=1S/C14H30N2O/c1-7-11(10-17-6)15-12-8-13(2,3)16-14(4,5)9-12/h11-12,15-16H,7-10H2,1-6H3. The SMILES string of the molecule is CCC(COC)NC1CC(C)(C)NC(C)(C)C1. The number of nitrogens with one attached hydrogen (secondary N) is 2. The molecule has 3 heteroatoms. The van der Waals surface area contributed by atoms with Crippen molar-refractivity contribution in [3.63, 3.8) is 0 Å². The van der Waals surface area contributed by atoms with Gasteiger partial charge in [-0.15, -0.1) is 0 Å². The van der Waals surface area contributed by atoms with Crippen LogP contribution in [0.1, 0.15) is 53.9 Å². The molecule has 2 N–H and O–H groups in total. The molecule has 0 bridgehead atoms. The van der Waals surface area contributed by atoms with E-state index in [0.29, 0.717) is 12.1 Å². The Bertz CT molecular complexity index is 222. The van der Waals surface area contributed by atoms with E-state index in [2.05, 4.69) is 45.3 Å². The van der Waals surface area contributed by atoms with E-state index in [4.69, 9.17) is 4.74 Å². The lowest BCUT2D eigenvalue weighted by Crippen LogP contribution is -2.62. The summed E-state index contributed by atoms with van der Waals surface area (Å²) in [4.78, 5) is 0. The molecule has 1 fully saturated rings. The molecule has 0 aromatic carbocycles. The Morgan fingerprint density at radius 2 is 1.76 bits per heavy atom. The van der Waals surface area contributed by atoms with E-state index >= 15 is 0 Å². The lowest BCUT2D eigenvalue weighted by molar-refractivity contribution is 0.114. The van der Waals surface area contributed by atoms with Gasteiger partial charge in [0.25, 0.3) is 0 Å². The van der Waals surface area contributed by atoms with Crippen LogP contribution in [0.2, 0.25) is 0 Å². The van der Waals surface area contributed by atoms with Crippen LogP contribution in [-0.4, -0.2) is 36.9 Å². The normalized spacial score (nSPS) is 25.8. The van der Waals surface area contributed by atoms with Gasteiger partial charge in [0.1, 0.15) is 0 Å². The minimum absolute atomic E-state index is 0.213. The van der Waals surface area contributed by atoms with Gasteiger partial charge in [0, 0.05) is 30.3 Å². The highest BCUT2D eigenvalue weighted by Gasteiger charge is 2.37. The van der Waals surface area contributed by atoms with Gasteiger partial charge < -0.3 is 15.4 Å². The maximum Gasteiger partial charge on any atom is 0.0615 e. The summed E-state index contributed by atoms with van der Waals surface area (Å²) in [6, 6.07) is 1.07. The molecule has 1 rings (SSSR count). The molecule has 1 heterocycles. The lowest BCUT2D eigenvalue weighted by Gasteiger charge is -2.47. The Morgan fingerprint density at radius 1 is 1.24 bits per heavy atom. The highest BCUT2D eigenvalue weighted by Crippen LogP contribution is 2.28. The maximum atomic E-state index is 5.26. The second-order valence-corrected chi connectivity index (χ2v) is 6.73. The Labute approximate surface area is 107 Å². The average molecular weight is 242 g/mol. The molecule has 102 valence electrons. The molecule has 0 aliphatic carbocycles. The summed E-state index contributed by atoms with van der Waals surface area (Å²) >= 11 is 0. The van der Waals surface area contributed by atoms with Crippen molar-refractivity contribution in [2.45, 2.75) is 77.0 Å². The van der Waals surface area contributed by atoms with Crippen molar-refractivity contribution in [2.24, 2.45) is 0 Å². The van der Waals surface area contributed by atoms with Crippen molar-refractivity contribution >= 4 is 0 Å². The van der Waals surface area contributed by atoms with Gasteiger partial charge in [-0.2, -0.15) is 0 Å². The minimum atomic E-state index is 0.213. The Hall–Kier alpha value is -0.120. The number of methoxy groups -OCH3 is 1. The second kappa shape index (κ2) is 5.68. The zero-order chi connectivity index (χ0) is 13.1. The smallest absolute Gasteiger partial charge is 0.0615 e. The molecular formula is C14H30N2O. The molecule has 0 aromatic heterocycles. The Kier molecular flexibility index (Phi) is 4.99. The summed E-state index contributed by atoms with van der Waals surface area (Å²) in [5, 5.41) is 7.47. The van der Waals surface area contributed by atoms with Gasteiger partial charge in [0.2, 0.25) is 0 Å². The van der Waals surface area contributed by atoms with E-state index in [1.54, 1.807) is 7.11 Å². The Morgan fingerprint density at radius 3 is 2.18 bits per heavy atom. The predicted molar refractivity (Wildman–Crippen MR) is 73.4 cm³/mol. The molecule has 1 saturated heterocycles. The maximum absolute atomic E-state index is 5.26. The van der Waals surface area contributed by atoms with Crippen molar-refractivity contribution < 1.29 is 4.74 Å². The lowest BCUT2D eigenvalue weighted by atomic mass is 9.79. The van der Waals surface area contributed by atoms with E-state index in [0.717, 1.165) is 13.0 Å². The van der Waals surface area contributed by atoms with Gasteiger partial charge in [-0.05, 0) is 47.0 Å². The molecule has 1 atom stereocenters. The van der Waals surface area contributed by atoms with Crippen LogP contribution in [0.3, 0.4) is 0 Å². The van der Waals surface area contributed by atoms with E-state index in [9.17, 15) is 0 Å². The molecule has 1 aliphatic rings. The van der Waals surface area contributed by atoms with Crippen molar-refractivity contribution in [1.29, 1.82) is 0 Å². The minimum Gasteiger partial charge on any atom is -0.383 e. The van der Waals surface area contributed by atoms with Crippen molar-refractivity contribution in [1.82, 2.24) is 10.6 Å². The van der Waals surface area contributed by atoms with E-state index in [-0.39, 0.29) is 11.1 Å². The molecule has 17 heavy (non-hydrogen) atoms. The third kappa shape index (κ3) is 4.94. The molecule has 1 aliphatic heterocycles. The molecule has 0 saturated carbocycles. The first-order chi connectivity index (χ1) is 7.78. The largest absolute Gasteiger partial charge is 0.383 e. The molecule has 3 nitrogen and oxygen atoms in total. The van der Waals surface area contributed by atoms with Crippen LogP contribution in [0.25, 0.3) is 0 Å².